The normalized spacial score (nSPS) is 37.1. The molecule has 98 valence electrons. The van der Waals surface area contributed by atoms with Crippen LogP contribution >= 0.6 is 0 Å². The first-order valence-corrected chi connectivity index (χ1v) is 7.07. The van der Waals surface area contributed by atoms with Crippen molar-refractivity contribution in [3.05, 3.63) is 0 Å². The number of rotatable bonds is 5. The van der Waals surface area contributed by atoms with Crippen molar-refractivity contribution in [2.24, 2.45) is 11.8 Å². The van der Waals surface area contributed by atoms with Crippen molar-refractivity contribution in [3.8, 4) is 0 Å². The van der Waals surface area contributed by atoms with Crippen molar-refractivity contribution in [2.45, 2.75) is 64.5 Å². The molecule has 4 atom stereocenters. The van der Waals surface area contributed by atoms with Crippen molar-refractivity contribution in [3.63, 3.8) is 0 Å². The van der Waals surface area contributed by atoms with Gasteiger partial charge >= 0.3 is 5.97 Å². The summed E-state index contributed by atoms with van der Waals surface area (Å²) in [5.74, 6) is 1.23. The maximum atomic E-state index is 12.3. The molecule has 0 aromatic heterocycles. The first-order valence-electron chi connectivity index (χ1n) is 7.07. The molecule has 0 aliphatic heterocycles. The molecular weight excluding hydrogens is 214 g/mol. The molecule has 0 aromatic rings. The van der Waals surface area contributed by atoms with Crippen LogP contribution in [0.5, 0.6) is 0 Å². The Morgan fingerprint density at radius 1 is 1.47 bits per heavy atom. The predicted octanol–water partition coefficient (Wildman–Crippen LogP) is 2.50. The Morgan fingerprint density at radius 2 is 2.24 bits per heavy atom. The van der Waals surface area contributed by atoms with E-state index in [1.165, 1.54) is 19.3 Å². The Morgan fingerprint density at radius 3 is 2.71 bits per heavy atom. The van der Waals surface area contributed by atoms with Gasteiger partial charge in [-0.25, -0.2) is 0 Å². The molecule has 2 aliphatic rings. The molecule has 0 heterocycles. The van der Waals surface area contributed by atoms with E-state index in [0.717, 1.165) is 18.8 Å². The van der Waals surface area contributed by atoms with Crippen molar-refractivity contribution in [2.75, 3.05) is 6.61 Å². The van der Waals surface area contributed by atoms with Crippen LogP contribution in [0.25, 0.3) is 0 Å². The molecule has 0 spiro atoms. The predicted molar refractivity (Wildman–Crippen MR) is 67.7 cm³/mol. The van der Waals surface area contributed by atoms with Crippen molar-refractivity contribution in [1.82, 2.24) is 5.32 Å². The van der Waals surface area contributed by atoms with E-state index in [0.29, 0.717) is 18.6 Å². The zero-order valence-corrected chi connectivity index (χ0v) is 11.3. The fourth-order valence-corrected chi connectivity index (χ4v) is 3.62. The Balaban J connectivity index is 2.15. The van der Waals surface area contributed by atoms with E-state index < -0.39 is 0 Å². The summed E-state index contributed by atoms with van der Waals surface area (Å²) in [7, 11) is 0. The quantitative estimate of drug-likeness (QED) is 0.749. The first-order chi connectivity index (χ1) is 8.12. The Bertz CT molecular complexity index is 292. The summed E-state index contributed by atoms with van der Waals surface area (Å²) in [6.45, 7) is 6.69. The van der Waals surface area contributed by atoms with Crippen LogP contribution < -0.4 is 5.32 Å². The van der Waals surface area contributed by atoms with Gasteiger partial charge in [0.05, 0.1) is 6.61 Å². The third-order valence-corrected chi connectivity index (χ3v) is 4.60. The van der Waals surface area contributed by atoms with Crippen molar-refractivity contribution >= 4 is 5.97 Å². The zero-order valence-electron chi connectivity index (χ0n) is 11.3. The Labute approximate surface area is 104 Å². The molecule has 3 heteroatoms. The van der Waals surface area contributed by atoms with Crippen molar-refractivity contribution < 1.29 is 9.53 Å². The molecule has 0 amide bonds. The minimum Gasteiger partial charge on any atom is -0.465 e. The molecule has 2 fully saturated rings. The van der Waals surface area contributed by atoms with E-state index in [1.807, 2.05) is 6.92 Å². The number of nitrogens with one attached hydrogen (secondary N) is 1. The van der Waals surface area contributed by atoms with Gasteiger partial charge in [0.1, 0.15) is 5.54 Å². The first kappa shape index (κ1) is 12.9. The van der Waals surface area contributed by atoms with E-state index >= 15 is 0 Å². The lowest BCUT2D eigenvalue weighted by Gasteiger charge is -2.38. The van der Waals surface area contributed by atoms with Gasteiger partial charge in [0.25, 0.3) is 0 Å². The van der Waals surface area contributed by atoms with Crippen LogP contribution in [0, 0.1) is 11.8 Å². The molecule has 1 N–H and O–H groups in total. The maximum Gasteiger partial charge on any atom is 0.326 e. The summed E-state index contributed by atoms with van der Waals surface area (Å²) in [6.07, 6.45) is 5.74. The molecule has 2 saturated carbocycles. The summed E-state index contributed by atoms with van der Waals surface area (Å²) in [5.41, 5.74) is -0.367. The molecule has 17 heavy (non-hydrogen) atoms. The number of hydrogen-bond donors (Lipinski definition) is 1. The van der Waals surface area contributed by atoms with Crippen LogP contribution in [-0.4, -0.2) is 24.2 Å². The average molecular weight is 239 g/mol. The summed E-state index contributed by atoms with van der Waals surface area (Å²) in [5, 5.41) is 3.58. The number of ether oxygens (including phenoxy) is 1. The van der Waals surface area contributed by atoms with Gasteiger partial charge in [0, 0.05) is 6.04 Å². The van der Waals surface area contributed by atoms with Gasteiger partial charge < -0.3 is 4.74 Å². The van der Waals surface area contributed by atoms with Gasteiger partial charge in [-0.05, 0) is 51.4 Å². The number of esters is 1. The second kappa shape index (κ2) is 4.97. The molecule has 2 rings (SSSR count). The minimum atomic E-state index is -0.367. The largest absolute Gasteiger partial charge is 0.465 e. The van der Waals surface area contributed by atoms with Gasteiger partial charge in [-0.15, -0.1) is 0 Å². The highest BCUT2D eigenvalue weighted by Crippen LogP contribution is 2.51. The van der Waals surface area contributed by atoms with Gasteiger partial charge in [0.15, 0.2) is 0 Å². The maximum absolute atomic E-state index is 12.3. The second-order valence-electron chi connectivity index (χ2n) is 5.73. The lowest BCUT2D eigenvalue weighted by molar-refractivity contribution is -0.154. The van der Waals surface area contributed by atoms with Crippen LogP contribution in [0.4, 0.5) is 0 Å². The fourth-order valence-electron chi connectivity index (χ4n) is 3.62. The second-order valence-corrected chi connectivity index (χ2v) is 5.73. The fraction of sp³-hybridized carbons (Fsp3) is 0.929. The Kier molecular flexibility index (Phi) is 3.76. The number of carbonyl (C=O) groups excluding carboxylic acids is 1. The monoisotopic (exact) mass is 239 g/mol. The van der Waals surface area contributed by atoms with Crippen molar-refractivity contribution in [1.29, 1.82) is 0 Å². The summed E-state index contributed by atoms with van der Waals surface area (Å²) in [6, 6.07) is 0.388. The smallest absolute Gasteiger partial charge is 0.326 e. The number of carbonyl (C=O) groups is 1. The van der Waals surface area contributed by atoms with Crippen LogP contribution in [0.3, 0.4) is 0 Å². The van der Waals surface area contributed by atoms with E-state index in [2.05, 4.69) is 19.2 Å². The van der Waals surface area contributed by atoms with Gasteiger partial charge in [-0.1, -0.05) is 13.3 Å². The summed E-state index contributed by atoms with van der Waals surface area (Å²) in [4.78, 5) is 12.3. The topological polar surface area (TPSA) is 38.3 Å². The van der Waals surface area contributed by atoms with Crippen LogP contribution in [-0.2, 0) is 9.53 Å². The third kappa shape index (κ3) is 2.22. The van der Waals surface area contributed by atoms with Crippen LogP contribution in [0.1, 0.15) is 52.9 Å². The molecule has 0 saturated heterocycles. The van der Waals surface area contributed by atoms with E-state index in [4.69, 9.17) is 4.74 Å². The van der Waals surface area contributed by atoms with E-state index in [9.17, 15) is 4.79 Å². The third-order valence-electron chi connectivity index (χ3n) is 4.60. The molecule has 0 radical (unpaired) electrons. The van der Waals surface area contributed by atoms with Gasteiger partial charge in [-0.3, -0.25) is 10.1 Å². The molecule has 2 bridgehead atoms. The van der Waals surface area contributed by atoms with Gasteiger partial charge in [-0.2, -0.15) is 0 Å². The number of hydrogen-bond acceptors (Lipinski definition) is 3. The molecule has 4 unspecified atom stereocenters. The highest BCUT2D eigenvalue weighted by molar-refractivity contribution is 5.82. The van der Waals surface area contributed by atoms with E-state index in [1.54, 1.807) is 0 Å². The SMILES string of the molecule is CCOC(=O)C1(NC(C)CC)CC2CCC1C2. The summed E-state index contributed by atoms with van der Waals surface area (Å²) >= 11 is 0. The Hall–Kier alpha value is -0.570. The number of fused-ring (bicyclic) bond motifs is 2. The molecule has 2 aliphatic carbocycles. The average Bonchev–Trinajstić information content (AvgIpc) is 2.89. The molecular formula is C14H25NO2. The lowest BCUT2D eigenvalue weighted by Crippen LogP contribution is -2.59. The van der Waals surface area contributed by atoms with Crippen LogP contribution in [0.2, 0.25) is 0 Å². The molecule has 3 nitrogen and oxygen atoms in total. The highest BCUT2D eigenvalue weighted by Gasteiger charge is 2.56. The molecule has 0 aromatic carbocycles. The minimum absolute atomic E-state index is 0.00694. The van der Waals surface area contributed by atoms with E-state index in [-0.39, 0.29) is 11.5 Å². The van der Waals surface area contributed by atoms with Crippen LogP contribution in [0.15, 0.2) is 0 Å². The zero-order chi connectivity index (χ0) is 12.5. The highest BCUT2D eigenvalue weighted by atomic mass is 16.5. The van der Waals surface area contributed by atoms with Gasteiger partial charge in [0.2, 0.25) is 0 Å². The summed E-state index contributed by atoms with van der Waals surface area (Å²) < 4.78 is 5.33. The lowest BCUT2D eigenvalue weighted by atomic mass is 9.80. The standard InChI is InChI=1S/C14H25NO2/c1-4-10(3)15-14(13(16)17-5-2)9-11-6-7-12(14)8-11/h10-12,15H,4-9H2,1-3H3.